The third-order valence-corrected chi connectivity index (χ3v) is 3.51. The quantitative estimate of drug-likeness (QED) is 0.408. The van der Waals surface area contributed by atoms with Gasteiger partial charge in [0.15, 0.2) is 0 Å². The van der Waals surface area contributed by atoms with Crippen LogP contribution in [0.15, 0.2) is 42.5 Å². The van der Waals surface area contributed by atoms with Gasteiger partial charge in [0.2, 0.25) is 0 Å². The molecule has 0 spiro atoms. The predicted molar refractivity (Wildman–Crippen MR) is 93.0 cm³/mol. The Morgan fingerprint density at radius 3 is 2.48 bits per heavy atom. The van der Waals surface area contributed by atoms with Crippen LogP contribution in [0.3, 0.4) is 0 Å². The molecule has 132 valence electrons. The Hall–Kier alpha value is -3.16. The minimum atomic E-state index is -0.463. The van der Waals surface area contributed by atoms with E-state index in [1.807, 2.05) is 0 Å². The van der Waals surface area contributed by atoms with Crippen LogP contribution >= 0.6 is 0 Å². The maximum Gasteiger partial charge on any atom is 0.315 e. The van der Waals surface area contributed by atoms with Gasteiger partial charge in [-0.2, -0.15) is 0 Å². The summed E-state index contributed by atoms with van der Waals surface area (Å²) >= 11 is 0. The van der Waals surface area contributed by atoms with Crippen LogP contribution in [0.4, 0.5) is 20.6 Å². The van der Waals surface area contributed by atoms with E-state index in [-0.39, 0.29) is 24.1 Å². The number of urea groups is 1. The van der Waals surface area contributed by atoms with Crippen molar-refractivity contribution in [1.82, 2.24) is 10.6 Å². The minimum Gasteiger partial charge on any atom is -0.383 e. The number of amides is 2. The molecule has 0 fully saturated rings. The standard InChI is InChI=1S/C17H19FN4O3/c1-12-2-3-13(10-16(12)18)11-21-17(23)20-9-8-19-14-4-6-15(7-5-14)22(24)25/h2-7,10,19H,8-9,11H2,1H3,(H2,20,21,23). The lowest BCUT2D eigenvalue weighted by atomic mass is 10.1. The Bertz CT molecular complexity index is 750. The number of benzene rings is 2. The van der Waals surface area contributed by atoms with Crippen LogP contribution < -0.4 is 16.0 Å². The van der Waals surface area contributed by atoms with Gasteiger partial charge in [-0.15, -0.1) is 0 Å². The second-order valence-electron chi connectivity index (χ2n) is 5.42. The van der Waals surface area contributed by atoms with Crippen LogP contribution in [-0.2, 0) is 6.54 Å². The molecular weight excluding hydrogens is 327 g/mol. The molecule has 7 nitrogen and oxygen atoms in total. The lowest BCUT2D eigenvalue weighted by Crippen LogP contribution is -2.37. The summed E-state index contributed by atoms with van der Waals surface area (Å²) in [5, 5.41) is 18.9. The molecule has 0 heterocycles. The molecule has 0 aromatic heterocycles. The molecular formula is C17H19FN4O3. The first-order chi connectivity index (χ1) is 12.0. The Balaban J connectivity index is 1.66. The molecule has 0 saturated carbocycles. The summed E-state index contributed by atoms with van der Waals surface area (Å²) in [6.07, 6.45) is 0. The molecule has 0 saturated heterocycles. The smallest absolute Gasteiger partial charge is 0.315 e. The lowest BCUT2D eigenvalue weighted by molar-refractivity contribution is -0.384. The van der Waals surface area contributed by atoms with Crippen LogP contribution in [0.2, 0.25) is 0 Å². The van der Waals surface area contributed by atoms with Crippen LogP contribution in [0, 0.1) is 22.9 Å². The maximum absolute atomic E-state index is 13.4. The number of carbonyl (C=O) groups is 1. The monoisotopic (exact) mass is 346 g/mol. The van der Waals surface area contributed by atoms with Gasteiger partial charge in [-0.1, -0.05) is 12.1 Å². The highest BCUT2D eigenvalue weighted by Crippen LogP contribution is 2.14. The van der Waals surface area contributed by atoms with Gasteiger partial charge in [-0.3, -0.25) is 10.1 Å². The molecule has 2 aromatic rings. The number of nitrogens with zero attached hydrogens (tertiary/aromatic N) is 1. The number of aryl methyl sites for hydroxylation is 1. The van der Waals surface area contributed by atoms with E-state index in [0.29, 0.717) is 24.2 Å². The molecule has 2 rings (SSSR count). The fourth-order valence-electron chi connectivity index (χ4n) is 2.08. The number of nitro groups is 1. The second-order valence-corrected chi connectivity index (χ2v) is 5.42. The molecule has 0 unspecified atom stereocenters. The number of non-ortho nitro benzene ring substituents is 1. The van der Waals surface area contributed by atoms with Crippen molar-refractivity contribution in [2.75, 3.05) is 18.4 Å². The Morgan fingerprint density at radius 2 is 1.84 bits per heavy atom. The summed E-state index contributed by atoms with van der Waals surface area (Å²) in [6, 6.07) is 10.5. The summed E-state index contributed by atoms with van der Waals surface area (Å²) in [4.78, 5) is 21.8. The van der Waals surface area contributed by atoms with Gasteiger partial charge in [0.25, 0.3) is 5.69 Å². The first-order valence-corrected chi connectivity index (χ1v) is 7.71. The van der Waals surface area contributed by atoms with E-state index in [1.165, 1.54) is 18.2 Å². The third kappa shape index (κ3) is 5.76. The summed E-state index contributed by atoms with van der Waals surface area (Å²) in [7, 11) is 0. The number of carbonyl (C=O) groups excluding carboxylic acids is 1. The maximum atomic E-state index is 13.4. The van der Waals surface area contributed by atoms with E-state index >= 15 is 0 Å². The number of anilines is 1. The van der Waals surface area contributed by atoms with E-state index in [9.17, 15) is 19.3 Å². The van der Waals surface area contributed by atoms with Gasteiger partial charge in [-0.25, -0.2) is 9.18 Å². The lowest BCUT2D eigenvalue weighted by Gasteiger charge is -2.10. The zero-order valence-electron chi connectivity index (χ0n) is 13.7. The summed E-state index contributed by atoms with van der Waals surface area (Å²) < 4.78 is 13.4. The van der Waals surface area contributed by atoms with Crippen LogP contribution in [-0.4, -0.2) is 24.0 Å². The van der Waals surface area contributed by atoms with Crippen LogP contribution in [0.5, 0.6) is 0 Å². The zero-order valence-corrected chi connectivity index (χ0v) is 13.7. The van der Waals surface area contributed by atoms with E-state index in [4.69, 9.17) is 0 Å². The van der Waals surface area contributed by atoms with Crippen molar-refractivity contribution >= 4 is 17.4 Å². The van der Waals surface area contributed by atoms with Crippen molar-refractivity contribution < 1.29 is 14.1 Å². The predicted octanol–water partition coefficient (Wildman–Crippen LogP) is 2.95. The van der Waals surface area contributed by atoms with Crippen molar-refractivity contribution in [1.29, 1.82) is 0 Å². The number of hydrogen-bond acceptors (Lipinski definition) is 4. The molecule has 2 aromatic carbocycles. The zero-order chi connectivity index (χ0) is 18.2. The number of nitro benzene ring substituents is 1. The highest BCUT2D eigenvalue weighted by atomic mass is 19.1. The first-order valence-electron chi connectivity index (χ1n) is 7.71. The van der Waals surface area contributed by atoms with E-state index in [0.717, 1.165) is 5.69 Å². The van der Waals surface area contributed by atoms with E-state index < -0.39 is 4.92 Å². The number of nitrogens with one attached hydrogen (secondary N) is 3. The van der Waals surface area contributed by atoms with Crippen molar-refractivity contribution in [3.63, 3.8) is 0 Å². The fourth-order valence-corrected chi connectivity index (χ4v) is 2.08. The van der Waals surface area contributed by atoms with Gasteiger partial charge in [0.1, 0.15) is 5.82 Å². The van der Waals surface area contributed by atoms with Crippen LogP contribution in [0.1, 0.15) is 11.1 Å². The minimum absolute atomic E-state index is 0.0237. The number of halogens is 1. The average Bonchev–Trinajstić information content (AvgIpc) is 2.60. The molecule has 0 aliphatic rings. The average molecular weight is 346 g/mol. The van der Waals surface area contributed by atoms with Crippen molar-refractivity contribution in [3.8, 4) is 0 Å². The summed E-state index contributed by atoms with van der Waals surface area (Å²) in [5.41, 5.74) is 1.99. The Kier molecular flexibility index (Phi) is 6.27. The molecule has 25 heavy (non-hydrogen) atoms. The number of hydrogen-bond donors (Lipinski definition) is 3. The van der Waals surface area contributed by atoms with Crippen molar-refractivity contribution in [2.24, 2.45) is 0 Å². The number of rotatable bonds is 7. The highest BCUT2D eigenvalue weighted by Gasteiger charge is 2.04. The molecule has 0 aliphatic heterocycles. The van der Waals surface area contributed by atoms with Gasteiger partial charge < -0.3 is 16.0 Å². The molecule has 0 atom stereocenters. The van der Waals surface area contributed by atoms with Crippen molar-refractivity contribution in [3.05, 3.63) is 69.5 Å². The normalized spacial score (nSPS) is 10.2. The largest absolute Gasteiger partial charge is 0.383 e. The fraction of sp³-hybridized carbons (Fsp3) is 0.235. The highest BCUT2D eigenvalue weighted by molar-refractivity contribution is 5.73. The Morgan fingerprint density at radius 1 is 1.12 bits per heavy atom. The van der Waals surface area contributed by atoms with Gasteiger partial charge in [0.05, 0.1) is 4.92 Å². The molecule has 2 amide bonds. The van der Waals surface area contributed by atoms with E-state index in [2.05, 4.69) is 16.0 Å². The third-order valence-electron chi connectivity index (χ3n) is 3.51. The molecule has 3 N–H and O–H groups in total. The Labute approximate surface area is 144 Å². The summed E-state index contributed by atoms with van der Waals surface area (Å²) in [5.74, 6) is -0.299. The topological polar surface area (TPSA) is 96.3 Å². The molecule has 0 aliphatic carbocycles. The van der Waals surface area contributed by atoms with E-state index in [1.54, 1.807) is 31.2 Å². The van der Waals surface area contributed by atoms with Crippen molar-refractivity contribution in [2.45, 2.75) is 13.5 Å². The molecule has 0 bridgehead atoms. The first kappa shape index (κ1) is 18.2. The van der Waals surface area contributed by atoms with Gasteiger partial charge >= 0.3 is 6.03 Å². The molecule has 8 heteroatoms. The van der Waals surface area contributed by atoms with Gasteiger partial charge in [-0.05, 0) is 36.2 Å². The SMILES string of the molecule is Cc1ccc(CNC(=O)NCCNc2ccc([N+](=O)[O-])cc2)cc1F. The van der Waals surface area contributed by atoms with Crippen LogP contribution in [0.25, 0.3) is 0 Å². The summed E-state index contributed by atoms with van der Waals surface area (Å²) in [6.45, 7) is 2.74. The second kappa shape index (κ2) is 8.62. The molecule has 0 radical (unpaired) electrons. The van der Waals surface area contributed by atoms with Gasteiger partial charge in [0, 0.05) is 37.5 Å².